The largest absolute Gasteiger partial charge is 0.483 e. The standard InChI is InChI=1S/C28H29F4N3O2/c1-34-12-14-35(15-13-34)18-23-16-22(21-4-9-25(29)10-5-21)6-11-26(23)37-19-27(36)33-17-20-2-7-24(8-3-20)28(30,31)32/h2-11,16H,12-15,17-19H2,1H3,(H,33,36). The number of nitrogens with zero attached hydrogens (tertiary/aromatic N) is 2. The van der Waals surface area contributed by atoms with Gasteiger partial charge in [-0.15, -0.1) is 0 Å². The summed E-state index contributed by atoms with van der Waals surface area (Å²) in [7, 11) is 2.09. The van der Waals surface area contributed by atoms with E-state index in [1.807, 2.05) is 18.2 Å². The zero-order valence-electron chi connectivity index (χ0n) is 20.5. The Kier molecular flexibility index (Phi) is 8.45. The van der Waals surface area contributed by atoms with E-state index in [-0.39, 0.29) is 24.9 Å². The van der Waals surface area contributed by atoms with Gasteiger partial charge in [0, 0.05) is 44.8 Å². The van der Waals surface area contributed by atoms with Gasteiger partial charge in [0.1, 0.15) is 11.6 Å². The second-order valence-electron chi connectivity index (χ2n) is 9.17. The highest BCUT2D eigenvalue weighted by Gasteiger charge is 2.29. The van der Waals surface area contributed by atoms with Crippen LogP contribution in [-0.4, -0.2) is 55.5 Å². The number of carbonyl (C=O) groups excluding carboxylic acids is 1. The summed E-state index contributed by atoms with van der Waals surface area (Å²) in [6.45, 7) is 4.24. The maximum Gasteiger partial charge on any atom is 0.416 e. The molecular formula is C28H29F4N3O2. The topological polar surface area (TPSA) is 44.8 Å². The lowest BCUT2D eigenvalue weighted by atomic mass is 10.0. The molecule has 9 heteroatoms. The van der Waals surface area contributed by atoms with Gasteiger partial charge < -0.3 is 15.0 Å². The van der Waals surface area contributed by atoms with Gasteiger partial charge in [0.25, 0.3) is 5.91 Å². The number of ether oxygens (including phenoxy) is 1. The van der Waals surface area contributed by atoms with Crippen molar-refractivity contribution in [2.24, 2.45) is 0 Å². The number of carbonyl (C=O) groups is 1. The highest BCUT2D eigenvalue weighted by molar-refractivity contribution is 5.77. The fraction of sp³-hybridized carbons (Fsp3) is 0.321. The quantitative estimate of drug-likeness (QED) is 0.431. The van der Waals surface area contributed by atoms with E-state index in [0.29, 0.717) is 17.9 Å². The van der Waals surface area contributed by atoms with Crippen LogP contribution < -0.4 is 10.1 Å². The van der Waals surface area contributed by atoms with Crippen LogP contribution >= 0.6 is 0 Å². The van der Waals surface area contributed by atoms with Gasteiger partial charge in [0.2, 0.25) is 0 Å². The number of piperazine rings is 1. The predicted octanol–water partition coefficient (Wildman–Crippen LogP) is 4.95. The van der Waals surface area contributed by atoms with Gasteiger partial charge in [-0.2, -0.15) is 13.2 Å². The normalized spacial score (nSPS) is 14.9. The minimum atomic E-state index is -4.40. The molecule has 1 aliphatic rings. The van der Waals surface area contributed by atoms with Crippen LogP contribution in [0.1, 0.15) is 16.7 Å². The predicted molar refractivity (Wildman–Crippen MR) is 133 cm³/mol. The first kappa shape index (κ1) is 26.6. The third-order valence-corrected chi connectivity index (χ3v) is 6.36. The molecule has 1 fully saturated rings. The van der Waals surface area contributed by atoms with Gasteiger partial charge in [-0.25, -0.2) is 4.39 Å². The summed E-state index contributed by atoms with van der Waals surface area (Å²) in [6, 6.07) is 16.6. The van der Waals surface area contributed by atoms with Crippen molar-refractivity contribution in [3.63, 3.8) is 0 Å². The molecule has 3 aromatic rings. The van der Waals surface area contributed by atoms with Gasteiger partial charge >= 0.3 is 6.18 Å². The Morgan fingerprint density at radius 2 is 1.57 bits per heavy atom. The lowest BCUT2D eigenvalue weighted by Gasteiger charge is -2.32. The minimum absolute atomic E-state index is 0.0952. The molecule has 3 aromatic carbocycles. The van der Waals surface area contributed by atoms with E-state index in [0.717, 1.165) is 55.0 Å². The summed E-state index contributed by atoms with van der Waals surface area (Å²) in [5.74, 6) is -0.105. The molecule has 37 heavy (non-hydrogen) atoms. The maximum atomic E-state index is 13.4. The molecule has 0 bridgehead atoms. The van der Waals surface area contributed by atoms with Crippen molar-refractivity contribution in [1.82, 2.24) is 15.1 Å². The Labute approximate surface area is 213 Å². The molecule has 1 amide bonds. The lowest BCUT2D eigenvalue weighted by molar-refractivity contribution is -0.137. The van der Waals surface area contributed by atoms with Crippen LogP contribution in [0.4, 0.5) is 17.6 Å². The van der Waals surface area contributed by atoms with E-state index in [2.05, 4.69) is 22.2 Å². The molecule has 5 nitrogen and oxygen atoms in total. The molecule has 1 N–H and O–H groups in total. The van der Waals surface area contributed by atoms with Gasteiger partial charge in [-0.3, -0.25) is 9.69 Å². The molecule has 0 unspecified atom stereocenters. The molecule has 1 heterocycles. The highest BCUT2D eigenvalue weighted by atomic mass is 19.4. The van der Waals surface area contributed by atoms with Crippen LogP contribution in [0, 0.1) is 5.82 Å². The summed E-state index contributed by atoms with van der Waals surface area (Å²) >= 11 is 0. The van der Waals surface area contributed by atoms with Gasteiger partial charge in [0.05, 0.1) is 5.56 Å². The average molecular weight is 516 g/mol. The molecule has 0 saturated carbocycles. The molecule has 196 valence electrons. The summed E-state index contributed by atoms with van der Waals surface area (Å²) in [4.78, 5) is 17.0. The molecule has 0 radical (unpaired) electrons. The van der Waals surface area contributed by atoms with Gasteiger partial charge in [0.15, 0.2) is 6.61 Å². The van der Waals surface area contributed by atoms with Crippen molar-refractivity contribution >= 4 is 5.91 Å². The monoisotopic (exact) mass is 515 g/mol. The Bertz CT molecular complexity index is 1190. The van der Waals surface area contributed by atoms with Gasteiger partial charge in [-0.05, 0) is 60.1 Å². The van der Waals surface area contributed by atoms with E-state index in [1.54, 1.807) is 12.1 Å². The molecule has 0 atom stereocenters. The lowest BCUT2D eigenvalue weighted by Crippen LogP contribution is -2.43. The number of nitrogens with one attached hydrogen (secondary N) is 1. The van der Waals surface area contributed by atoms with Crippen molar-refractivity contribution in [3.8, 4) is 16.9 Å². The second-order valence-corrected chi connectivity index (χ2v) is 9.17. The van der Waals surface area contributed by atoms with Crippen LogP contribution in [0.5, 0.6) is 5.75 Å². The van der Waals surface area contributed by atoms with Crippen molar-refractivity contribution in [1.29, 1.82) is 0 Å². The maximum absolute atomic E-state index is 13.4. The van der Waals surface area contributed by atoms with E-state index in [9.17, 15) is 22.4 Å². The van der Waals surface area contributed by atoms with Crippen LogP contribution in [0.3, 0.4) is 0 Å². The van der Waals surface area contributed by atoms with Crippen molar-refractivity contribution < 1.29 is 27.1 Å². The zero-order chi connectivity index (χ0) is 26.4. The number of alkyl halides is 3. The van der Waals surface area contributed by atoms with Crippen molar-refractivity contribution in [2.45, 2.75) is 19.3 Å². The van der Waals surface area contributed by atoms with Crippen LogP contribution in [0.2, 0.25) is 0 Å². The third-order valence-electron chi connectivity index (χ3n) is 6.36. The number of hydrogen-bond donors (Lipinski definition) is 1. The molecule has 4 rings (SSSR count). The number of amides is 1. The van der Waals surface area contributed by atoms with Crippen LogP contribution in [0.15, 0.2) is 66.7 Å². The molecule has 1 saturated heterocycles. The number of likely N-dealkylation sites (N-methyl/N-ethyl adjacent to an activating group) is 1. The first-order chi connectivity index (χ1) is 17.7. The Morgan fingerprint density at radius 1 is 0.919 bits per heavy atom. The molecule has 1 aliphatic heterocycles. The van der Waals surface area contributed by atoms with E-state index in [4.69, 9.17) is 4.74 Å². The summed E-state index contributed by atoms with van der Waals surface area (Å²) in [5, 5.41) is 2.68. The zero-order valence-corrected chi connectivity index (χ0v) is 20.5. The van der Waals surface area contributed by atoms with Crippen LogP contribution in [-0.2, 0) is 24.1 Å². The number of rotatable bonds is 8. The minimum Gasteiger partial charge on any atom is -0.483 e. The second kappa shape index (κ2) is 11.7. The van der Waals surface area contributed by atoms with Crippen molar-refractivity contribution in [3.05, 3.63) is 89.2 Å². The number of benzene rings is 3. The highest BCUT2D eigenvalue weighted by Crippen LogP contribution is 2.30. The third kappa shape index (κ3) is 7.53. The van der Waals surface area contributed by atoms with Gasteiger partial charge in [-0.1, -0.05) is 30.3 Å². The van der Waals surface area contributed by atoms with E-state index < -0.39 is 11.7 Å². The molecule has 0 aliphatic carbocycles. The summed E-state index contributed by atoms with van der Waals surface area (Å²) in [6.07, 6.45) is -4.40. The fourth-order valence-corrected chi connectivity index (χ4v) is 4.12. The van der Waals surface area contributed by atoms with E-state index >= 15 is 0 Å². The Morgan fingerprint density at radius 3 is 2.22 bits per heavy atom. The first-order valence-electron chi connectivity index (χ1n) is 12.0. The number of hydrogen-bond acceptors (Lipinski definition) is 4. The Hall–Kier alpha value is -3.43. The summed E-state index contributed by atoms with van der Waals surface area (Å²) in [5.41, 5.74) is 2.54. The smallest absolute Gasteiger partial charge is 0.416 e. The average Bonchev–Trinajstić information content (AvgIpc) is 2.88. The molecule has 0 aromatic heterocycles. The van der Waals surface area contributed by atoms with Crippen molar-refractivity contribution in [2.75, 3.05) is 39.8 Å². The van der Waals surface area contributed by atoms with E-state index in [1.165, 1.54) is 24.3 Å². The summed E-state index contributed by atoms with van der Waals surface area (Å²) < 4.78 is 57.4. The Balaban J connectivity index is 1.41. The fourth-order valence-electron chi connectivity index (χ4n) is 4.12. The number of halogens is 4. The first-order valence-corrected chi connectivity index (χ1v) is 12.0. The SMILES string of the molecule is CN1CCN(Cc2cc(-c3ccc(F)cc3)ccc2OCC(=O)NCc2ccc(C(F)(F)F)cc2)CC1. The van der Waals surface area contributed by atoms with Crippen LogP contribution in [0.25, 0.3) is 11.1 Å². The molecular weight excluding hydrogens is 486 g/mol. The molecule has 0 spiro atoms.